The van der Waals surface area contributed by atoms with Gasteiger partial charge in [0.05, 0.1) is 0 Å². The Bertz CT molecular complexity index is 623. The van der Waals surface area contributed by atoms with Crippen LogP contribution in [0.25, 0.3) is 0 Å². The molecule has 3 rings (SSSR count). The Balaban J connectivity index is 1.69. The second kappa shape index (κ2) is 7.40. The molecule has 1 fully saturated rings. The van der Waals surface area contributed by atoms with Crippen molar-refractivity contribution in [1.29, 1.82) is 0 Å². The summed E-state index contributed by atoms with van der Waals surface area (Å²) >= 11 is 0. The van der Waals surface area contributed by atoms with Gasteiger partial charge in [-0.05, 0) is 50.3 Å². The first-order chi connectivity index (χ1) is 11.2. The molecule has 0 aliphatic carbocycles. The maximum Gasteiger partial charge on any atom is 0.227 e. The molecule has 1 aliphatic rings. The van der Waals surface area contributed by atoms with Gasteiger partial charge in [-0.1, -0.05) is 0 Å². The maximum atomic E-state index is 4.80. The van der Waals surface area contributed by atoms with Gasteiger partial charge in [-0.15, -0.1) is 0 Å². The molecule has 0 amide bonds. The third kappa shape index (κ3) is 4.18. The Kier molecular flexibility index (Phi) is 5.05. The molecule has 2 aromatic heterocycles. The van der Waals surface area contributed by atoms with E-state index < -0.39 is 0 Å². The molecule has 122 valence electrons. The summed E-state index contributed by atoms with van der Waals surface area (Å²) in [5.41, 5.74) is 2.33. The predicted octanol–water partition coefficient (Wildman–Crippen LogP) is 2.85. The minimum atomic E-state index is 0.885. The smallest absolute Gasteiger partial charge is 0.227 e. The zero-order valence-corrected chi connectivity index (χ0v) is 14.1. The highest BCUT2D eigenvalue weighted by Crippen LogP contribution is 2.20. The first-order valence-corrected chi connectivity index (χ1v) is 8.43. The third-order valence-electron chi connectivity index (χ3n) is 4.34. The number of anilines is 2. The van der Waals surface area contributed by atoms with Crippen LogP contribution < -0.4 is 9.80 Å². The predicted molar refractivity (Wildman–Crippen MR) is 94.0 cm³/mol. The molecule has 0 atom stereocenters. The lowest BCUT2D eigenvalue weighted by Crippen LogP contribution is -2.32. The maximum absolute atomic E-state index is 4.80. The van der Waals surface area contributed by atoms with Gasteiger partial charge in [0.15, 0.2) is 0 Å². The van der Waals surface area contributed by atoms with Crippen LogP contribution in [0.5, 0.6) is 0 Å². The fraction of sp³-hybridized carbons (Fsp3) is 0.500. The van der Waals surface area contributed by atoms with Crippen LogP contribution in [-0.4, -0.2) is 41.6 Å². The molecule has 0 saturated carbocycles. The molecule has 1 aliphatic heterocycles. The van der Waals surface area contributed by atoms with Gasteiger partial charge >= 0.3 is 0 Å². The summed E-state index contributed by atoms with van der Waals surface area (Å²) in [6.45, 7) is 5.13. The average molecular weight is 311 g/mol. The molecular weight excluding hydrogens is 286 g/mol. The number of hydrogen-bond donors (Lipinski definition) is 0. The van der Waals surface area contributed by atoms with E-state index in [4.69, 9.17) is 4.98 Å². The van der Waals surface area contributed by atoms with Crippen molar-refractivity contribution in [1.82, 2.24) is 15.0 Å². The number of nitrogens with zero attached hydrogens (tertiary/aromatic N) is 5. The number of hydrogen-bond acceptors (Lipinski definition) is 5. The van der Waals surface area contributed by atoms with Gasteiger partial charge in [-0.2, -0.15) is 4.98 Å². The Morgan fingerprint density at radius 3 is 2.57 bits per heavy atom. The summed E-state index contributed by atoms with van der Waals surface area (Å²) in [5.74, 6) is 1.89. The Labute approximate surface area is 138 Å². The van der Waals surface area contributed by atoms with Crippen molar-refractivity contribution in [2.24, 2.45) is 0 Å². The molecule has 0 radical (unpaired) electrons. The Morgan fingerprint density at radius 1 is 1.09 bits per heavy atom. The van der Waals surface area contributed by atoms with E-state index in [9.17, 15) is 0 Å². The van der Waals surface area contributed by atoms with Gasteiger partial charge in [0, 0.05) is 50.8 Å². The zero-order valence-electron chi connectivity index (χ0n) is 14.1. The van der Waals surface area contributed by atoms with Crippen LogP contribution in [-0.2, 0) is 6.42 Å². The summed E-state index contributed by atoms with van der Waals surface area (Å²) in [7, 11) is 2.10. The SMILES string of the molecule is Cc1cc(N(C)CCc2ccncc2)nc(N2CCCCC2)n1. The molecule has 0 spiro atoms. The highest BCUT2D eigenvalue weighted by molar-refractivity contribution is 5.45. The van der Waals surface area contributed by atoms with E-state index in [1.165, 1.54) is 24.8 Å². The second-order valence-electron chi connectivity index (χ2n) is 6.24. The summed E-state index contributed by atoms with van der Waals surface area (Å²) in [6, 6.07) is 6.20. The lowest BCUT2D eigenvalue weighted by Gasteiger charge is -2.28. The molecule has 5 nitrogen and oxygen atoms in total. The Hall–Kier alpha value is -2.17. The van der Waals surface area contributed by atoms with Gasteiger partial charge in [0.25, 0.3) is 0 Å². The first-order valence-electron chi connectivity index (χ1n) is 8.43. The van der Waals surface area contributed by atoms with E-state index in [0.717, 1.165) is 43.5 Å². The summed E-state index contributed by atoms with van der Waals surface area (Å²) in [6.07, 6.45) is 8.48. The number of likely N-dealkylation sites (N-methyl/N-ethyl adjacent to an activating group) is 1. The van der Waals surface area contributed by atoms with Crippen molar-refractivity contribution in [2.75, 3.05) is 36.5 Å². The third-order valence-corrected chi connectivity index (χ3v) is 4.34. The van der Waals surface area contributed by atoms with Crippen LogP contribution in [0.1, 0.15) is 30.5 Å². The highest BCUT2D eigenvalue weighted by atomic mass is 15.3. The minimum Gasteiger partial charge on any atom is -0.359 e. The van der Waals surface area contributed by atoms with Crippen molar-refractivity contribution in [2.45, 2.75) is 32.6 Å². The number of piperidine rings is 1. The standard InChI is InChI=1S/C18H25N5/c1-15-14-17(21-18(20-15)23-11-4-3-5-12-23)22(2)13-8-16-6-9-19-10-7-16/h6-7,9-10,14H,3-5,8,11-13H2,1-2H3. The van der Waals surface area contributed by atoms with Crippen LogP contribution in [0.15, 0.2) is 30.6 Å². The zero-order chi connectivity index (χ0) is 16.1. The normalized spacial score (nSPS) is 14.8. The molecule has 0 aromatic carbocycles. The van der Waals surface area contributed by atoms with E-state index >= 15 is 0 Å². The van der Waals surface area contributed by atoms with E-state index in [1.54, 1.807) is 0 Å². The molecule has 3 heterocycles. The van der Waals surface area contributed by atoms with Gasteiger partial charge in [0.1, 0.15) is 5.82 Å². The molecule has 0 unspecified atom stereocenters. The molecule has 5 heteroatoms. The molecule has 0 bridgehead atoms. The van der Waals surface area contributed by atoms with E-state index in [0.29, 0.717) is 0 Å². The largest absolute Gasteiger partial charge is 0.359 e. The van der Waals surface area contributed by atoms with Crippen molar-refractivity contribution in [3.63, 3.8) is 0 Å². The molecule has 2 aromatic rings. The van der Waals surface area contributed by atoms with Gasteiger partial charge in [0.2, 0.25) is 5.95 Å². The first kappa shape index (κ1) is 15.7. The topological polar surface area (TPSA) is 45.2 Å². The molecular formula is C18H25N5. The van der Waals surface area contributed by atoms with E-state index in [-0.39, 0.29) is 0 Å². The average Bonchev–Trinajstić information content (AvgIpc) is 2.61. The van der Waals surface area contributed by atoms with Crippen LogP contribution in [0.3, 0.4) is 0 Å². The summed E-state index contributed by atoms with van der Waals surface area (Å²) < 4.78 is 0. The van der Waals surface area contributed by atoms with Gasteiger partial charge < -0.3 is 9.80 Å². The lowest BCUT2D eigenvalue weighted by molar-refractivity contribution is 0.567. The molecule has 0 N–H and O–H groups in total. The van der Waals surface area contributed by atoms with Gasteiger partial charge in [-0.25, -0.2) is 4.98 Å². The van der Waals surface area contributed by atoms with Crippen molar-refractivity contribution in [3.8, 4) is 0 Å². The fourth-order valence-corrected chi connectivity index (χ4v) is 2.93. The lowest BCUT2D eigenvalue weighted by atomic mass is 10.1. The van der Waals surface area contributed by atoms with Gasteiger partial charge in [-0.3, -0.25) is 4.98 Å². The molecule has 1 saturated heterocycles. The van der Waals surface area contributed by atoms with Crippen molar-refractivity contribution >= 4 is 11.8 Å². The van der Waals surface area contributed by atoms with Crippen molar-refractivity contribution < 1.29 is 0 Å². The van der Waals surface area contributed by atoms with Crippen LogP contribution in [0.4, 0.5) is 11.8 Å². The van der Waals surface area contributed by atoms with E-state index in [1.807, 2.05) is 12.4 Å². The second-order valence-corrected chi connectivity index (χ2v) is 6.24. The number of aromatic nitrogens is 3. The molecule has 23 heavy (non-hydrogen) atoms. The van der Waals surface area contributed by atoms with Crippen LogP contribution in [0, 0.1) is 6.92 Å². The van der Waals surface area contributed by atoms with Crippen molar-refractivity contribution in [3.05, 3.63) is 41.9 Å². The quantitative estimate of drug-likeness (QED) is 0.849. The Morgan fingerprint density at radius 2 is 1.83 bits per heavy atom. The highest BCUT2D eigenvalue weighted by Gasteiger charge is 2.15. The fourth-order valence-electron chi connectivity index (χ4n) is 2.93. The summed E-state index contributed by atoms with van der Waals surface area (Å²) in [4.78, 5) is 18.0. The monoisotopic (exact) mass is 311 g/mol. The summed E-state index contributed by atoms with van der Waals surface area (Å²) in [5, 5.41) is 0. The van der Waals surface area contributed by atoms with E-state index in [2.05, 4.69) is 51.9 Å². The number of rotatable bonds is 5. The number of pyridine rings is 1. The van der Waals surface area contributed by atoms with Crippen LogP contribution >= 0.6 is 0 Å². The van der Waals surface area contributed by atoms with Crippen LogP contribution in [0.2, 0.25) is 0 Å². The minimum absolute atomic E-state index is 0.885. The number of aryl methyl sites for hydroxylation is 1.